The van der Waals surface area contributed by atoms with Gasteiger partial charge in [-0.25, -0.2) is 10.2 Å². The van der Waals surface area contributed by atoms with Crippen LogP contribution in [-0.4, -0.2) is 32.4 Å². The summed E-state index contributed by atoms with van der Waals surface area (Å²) in [7, 11) is 3.19. The Balaban J connectivity index is 1.62. The zero-order chi connectivity index (χ0) is 22.5. The zero-order valence-electron chi connectivity index (χ0n) is 17.9. The lowest BCUT2D eigenvalue weighted by molar-refractivity contribution is 0.415. The van der Waals surface area contributed by atoms with Crippen LogP contribution in [0, 0.1) is 0 Å². The number of anilines is 1. The Morgan fingerprint density at radius 2 is 1.88 bits per heavy atom. The fourth-order valence-corrected chi connectivity index (χ4v) is 3.48. The number of hydrogen-bond acceptors (Lipinski definition) is 6. The van der Waals surface area contributed by atoms with Gasteiger partial charge in [-0.3, -0.25) is 14.3 Å². The van der Waals surface area contributed by atoms with Crippen LogP contribution in [0.3, 0.4) is 0 Å². The molecule has 2 aromatic carbocycles. The van der Waals surface area contributed by atoms with E-state index in [0.717, 1.165) is 24.2 Å². The van der Waals surface area contributed by atoms with E-state index in [4.69, 9.17) is 4.74 Å². The Kier molecular flexibility index (Phi) is 6.16. The molecule has 2 heterocycles. The molecule has 0 saturated heterocycles. The van der Waals surface area contributed by atoms with E-state index in [-0.39, 0.29) is 0 Å². The van der Waals surface area contributed by atoms with Crippen LogP contribution in [0.4, 0.5) is 5.95 Å². The van der Waals surface area contributed by atoms with Gasteiger partial charge in [-0.05, 0) is 48.2 Å². The van der Waals surface area contributed by atoms with Crippen LogP contribution >= 0.6 is 0 Å². The number of nitrogens with one attached hydrogen (secondary N) is 2. The van der Waals surface area contributed by atoms with E-state index in [1.54, 1.807) is 24.9 Å². The second-order valence-electron chi connectivity index (χ2n) is 7.31. The van der Waals surface area contributed by atoms with Crippen LogP contribution < -0.4 is 21.4 Å². The van der Waals surface area contributed by atoms with E-state index in [1.807, 2.05) is 42.5 Å². The normalized spacial score (nSPS) is 11.3. The molecule has 0 aliphatic rings. The number of aromatic nitrogens is 4. The molecule has 9 nitrogen and oxygen atoms in total. The Labute approximate surface area is 184 Å². The first-order valence-corrected chi connectivity index (χ1v) is 10.2. The summed E-state index contributed by atoms with van der Waals surface area (Å²) in [5.74, 6) is 1.15. The summed E-state index contributed by atoms with van der Waals surface area (Å²) in [5, 5.41) is 4.27. The number of H-pyrrole nitrogens is 1. The van der Waals surface area contributed by atoms with Gasteiger partial charge in [0.1, 0.15) is 5.75 Å². The molecule has 2 N–H and O–H groups in total. The molecule has 0 aliphatic carbocycles. The summed E-state index contributed by atoms with van der Waals surface area (Å²) in [6.07, 6.45) is 3.28. The fourth-order valence-electron chi connectivity index (χ4n) is 3.48. The number of nitrogens with zero attached hydrogens (tertiary/aromatic N) is 4. The number of hydrogen-bond donors (Lipinski definition) is 2. The topological polar surface area (TPSA) is 106 Å². The second-order valence-corrected chi connectivity index (χ2v) is 7.31. The molecule has 0 unspecified atom stereocenters. The van der Waals surface area contributed by atoms with Gasteiger partial charge in [-0.1, -0.05) is 30.3 Å². The maximum absolute atomic E-state index is 12.6. The maximum Gasteiger partial charge on any atom is 0.329 e. The van der Waals surface area contributed by atoms with E-state index < -0.39 is 11.2 Å². The number of aryl methyl sites for hydroxylation is 3. The standard InChI is InChI=1S/C23H24N6O3/c1-28-20-19(21(30)26-23(28)31)29(14-6-9-16-7-4-3-5-8-16)22(25-20)27-24-15-17-10-12-18(32-2)13-11-17/h3-5,7-8,10-13,15H,6,9,14H2,1-2H3,(H,25,27)(H,26,30,31)/b24-15-. The van der Waals surface area contributed by atoms with Gasteiger partial charge in [0, 0.05) is 13.6 Å². The average molecular weight is 432 g/mol. The highest BCUT2D eigenvalue weighted by molar-refractivity contribution is 5.80. The molecule has 0 fully saturated rings. The summed E-state index contributed by atoms with van der Waals surface area (Å²) in [5.41, 5.74) is 4.67. The number of rotatable bonds is 8. The number of methoxy groups -OCH3 is 1. The molecule has 164 valence electrons. The fraction of sp³-hybridized carbons (Fsp3) is 0.217. The molecule has 0 atom stereocenters. The number of imidazole rings is 1. The van der Waals surface area contributed by atoms with E-state index in [9.17, 15) is 9.59 Å². The smallest absolute Gasteiger partial charge is 0.329 e. The molecule has 0 saturated carbocycles. The van der Waals surface area contributed by atoms with Crippen LogP contribution in [0.15, 0.2) is 69.3 Å². The number of ether oxygens (including phenoxy) is 1. The number of aromatic amines is 1. The van der Waals surface area contributed by atoms with Crippen LogP contribution in [0.2, 0.25) is 0 Å². The quantitative estimate of drug-likeness (QED) is 0.329. The number of benzene rings is 2. The third-order valence-electron chi connectivity index (χ3n) is 5.19. The molecule has 0 spiro atoms. The molecule has 0 bridgehead atoms. The van der Waals surface area contributed by atoms with E-state index >= 15 is 0 Å². The molecule has 0 amide bonds. The molecule has 0 aliphatic heterocycles. The van der Waals surface area contributed by atoms with Gasteiger partial charge >= 0.3 is 5.69 Å². The highest BCUT2D eigenvalue weighted by Gasteiger charge is 2.17. The minimum absolute atomic E-state index is 0.306. The Bertz CT molecular complexity index is 1350. The van der Waals surface area contributed by atoms with Crippen molar-refractivity contribution in [1.82, 2.24) is 19.1 Å². The van der Waals surface area contributed by atoms with Crippen LogP contribution in [-0.2, 0) is 20.0 Å². The van der Waals surface area contributed by atoms with Crippen molar-refractivity contribution in [1.29, 1.82) is 0 Å². The second kappa shape index (κ2) is 9.34. The summed E-state index contributed by atoms with van der Waals surface area (Å²) in [4.78, 5) is 31.4. The lowest BCUT2D eigenvalue weighted by Crippen LogP contribution is -2.29. The van der Waals surface area contributed by atoms with Gasteiger partial charge in [0.25, 0.3) is 5.56 Å². The lowest BCUT2D eigenvalue weighted by Gasteiger charge is -2.08. The predicted octanol–water partition coefficient (Wildman–Crippen LogP) is 2.51. The predicted molar refractivity (Wildman–Crippen MR) is 125 cm³/mol. The molecule has 4 rings (SSSR count). The van der Waals surface area contributed by atoms with Crippen LogP contribution in [0.5, 0.6) is 5.75 Å². The summed E-state index contributed by atoms with van der Waals surface area (Å²) < 4.78 is 8.25. The zero-order valence-corrected chi connectivity index (χ0v) is 17.9. The monoisotopic (exact) mass is 432 g/mol. The Morgan fingerprint density at radius 1 is 1.12 bits per heavy atom. The van der Waals surface area contributed by atoms with E-state index in [2.05, 4.69) is 32.6 Å². The molecule has 4 aromatic rings. The highest BCUT2D eigenvalue weighted by Crippen LogP contribution is 2.17. The van der Waals surface area contributed by atoms with Crippen molar-refractivity contribution >= 4 is 23.3 Å². The Morgan fingerprint density at radius 3 is 2.59 bits per heavy atom. The van der Waals surface area contributed by atoms with Crippen molar-refractivity contribution in [3.63, 3.8) is 0 Å². The molecule has 0 radical (unpaired) electrons. The first kappa shape index (κ1) is 21.1. The molecule has 32 heavy (non-hydrogen) atoms. The SMILES string of the molecule is COc1ccc(/C=N\Nc2nc3c(c(=O)[nH]c(=O)n3C)n2CCCc2ccccc2)cc1. The number of hydrazone groups is 1. The van der Waals surface area contributed by atoms with Gasteiger partial charge in [0.2, 0.25) is 5.95 Å². The van der Waals surface area contributed by atoms with Gasteiger partial charge < -0.3 is 9.30 Å². The van der Waals surface area contributed by atoms with Gasteiger partial charge in [-0.15, -0.1) is 0 Å². The highest BCUT2D eigenvalue weighted by atomic mass is 16.5. The van der Waals surface area contributed by atoms with Gasteiger partial charge in [0.05, 0.1) is 13.3 Å². The van der Waals surface area contributed by atoms with Gasteiger partial charge in [0.15, 0.2) is 11.2 Å². The van der Waals surface area contributed by atoms with Crippen molar-refractivity contribution < 1.29 is 4.74 Å². The first-order valence-electron chi connectivity index (χ1n) is 10.2. The lowest BCUT2D eigenvalue weighted by atomic mass is 10.1. The third-order valence-corrected chi connectivity index (χ3v) is 5.19. The van der Waals surface area contributed by atoms with Crippen LogP contribution in [0.25, 0.3) is 11.2 Å². The van der Waals surface area contributed by atoms with Crippen LogP contribution in [0.1, 0.15) is 17.5 Å². The minimum Gasteiger partial charge on any atom is -0.497 e. The van der Waals surface area contributed by atoms with Gasteiger partial charge in [-0.2, -0.15) is 10.1 Å². The first-order chi connectivity index (χ1) is 15.6. The Hall–Kier alpha value is -4.14. The van der Waals surface area contributed by atoms with Crippen molar-refractivity contribution in [3.8, 4) is 5.75 Å². The summed E-state index contributed by atoms with van der Waals surface area (Å²) in [6, 6.07) is 17.6. The van der Waals surface area contributed by atoms with E-state index in [0.29, 0.717) is 23.7 Å². The molecule has 9 heteroatoms. The third kappa shape index (κ3) is 4.46. The molecular formula is C23H24N6O3. The van der Waals surface area contributed by atoms with Crippen molar-refractivity contribution in [3.05, 3.63) is 86.6 Å². The average Bonchev–Trinajstić information content (AvgIpc) is 3.18. The largest absolute Gasteiger partial charge is 0.497 e. The molecule has 2 aromatic heterocycles. The van der Waals surface area contributed by atoms with Crippen molar-refractivity contribution in [2.45, 2.75) is 19.4 Å². The minimum atomic E-state index is -0.510. The summed E-state index contributed by atoms with van der Waals surface area (Å²) in [6.45, 7) is 0.535. The van der Waals surface area contributed by atoms with Crippen molar-refractivity contribution in [2.75, 3.05) is 12.5 Å². The van der Waals surface area contributed by atoms with E-state index in [1.165, 1.54) is 10.1 Å². The number of fused-ring (bicyclic) bond motifs is 1. The maximum atomic E-state index is 12.6. The summed E-state index contributed by atoms with van der Waals surface area (Å²) >= 11 is 0. The van der Waals surface area contributed by atoms with Crippen molar-refractivity contribution in [2.24, 2.45) is 12.1 Å². The molecular weight excluding hydrogens is 408 g/mol.